The summed E-state index contributed by atoms with van der Waals surface area (Å²) >= 11 is 0. The van der Waals surface area contributed by atoms with Crippen molar-refractivity contribution in [2.75, 3.05) is 13.1 Å². The Morgan fingerprint density at radius 1 is 0.941 bits per heavy atom. The highest BCUT2D eigenvalue weighted by molar-refractivity contribution is 5.76. The number of carbonyl (C=O) groups excluding carboxylic acids is 2. The van der Waals surface area contributed by atoms with Crippen LogP contribution >= 0.6 is 0 Å². The van der Waals surface area contributed by atoms with Gasteiger partial charge in [-0.25, -0.2) is 0 Å². The maximum absolute atomic E-state index is 11.1. The molecular formula is C11H22N2O4. The molecule has 0 aliphatic rings. The minimum Gasteiger partial charge on any atom is -0.393 e. The molecule has 2 atom stereocenters. The first kappa shape index (κ1) is 15.9. The number of nitrogens with one attached hydrogen (secondary N) is 2. The van der Waals surface area contributed by atoms with Crippen molar-refractivity contribution in [3.8, 4) is 0 Å². The third kappa shape index (κ3) is 11.1. The van der Waals surface area contributed by atoms with E-state index in [1.165, 1.54) is 0 Å². The van der Waals surface area contributed by atoms with Gasteiger partial charge in [0.2, 0.25) is 11.8 Å². The quantitative estimate of drug-likeness (QED) is 0.419. The van der Waals surface area contributed by atoms with Crippen LogP contribution in [0, 0.1) is 0 Å². The summed E-state index contributed by atoms with van der Waals surface area (Å²) in [6.45, 7) is 4.02. The number of rotatable bonds is 8. The van der Waals surface area contributed by atoms with Gasteiger partial charge in [0, 0.05) is 13.1 Å². The summed E-state index contributed by atoms with van der Waals surface area (Å²) < 4.78 is 0. The van der Waals surface area contributed by atoms with Gasteiger partial charge >= 0.3 is 0 Å². The zero-order chi connectivity index (χ0) is 13.3. The Morgan fingerprint density at radius 2 is 1.29 bits per heavy atom. The maximum Gasteiger partial charge on any atom is 0.222 e. The Kier molecular flexibility index (Phi) is 8.35. The van der Waals surface area contributed by atoms with E-state index in [0.717, 1.165) is 0 Å². The fourth-order valence-corrected chi connectivity index (χ4v) is 1.22. The second-order valence-electron chi connectivity index (χ2n) is 4.16. The van der Waals surface area contributed by atoms with Crippen molar-refractivity contribution in [1.82, 2.24) is 10.6 Å². The number of carbonyl (C=O) groups is 2. The molecule has 0 saturated carbocycles. The normalized spacial score (nSPS) is 13.9. The van der Waals surface area contributed by atoms with Crippen LogP contribution in [0.5, 0.6) is 0 Å². The van der Waals surface area contributed by atoms with E-state index < -0.39 is 12.2 Å². The molecule has 6 nitrogen and oxygen atoms in total. The minimum absolute atomic E-state index is 0.0917. The number of aliphatic hydroxyl groups excluding tert-OH is 2. The van der Waals surface area contributed by atoms with Crippen molar-refractivity contribution in [2.45, 2.75) is 45.3 Å². The molecule has 0 rings (SSSR count). The van der Waals surface area contributed by atoms with Crippen molar-refractivity contribution in [1.29, 1.82) is 0 Å². The van der Waals surface area contributed by atoms with Crippen LogP contribution < -0.4 is 10.6 Å². The van der Waals surface area contributed by atoms with Gasteiger partial charge in [0.15, 0.2) is 0 Å². The minimum atomic E-state index is -0.638. The van der Waals surface area contributed by atoms with E-state index in [-0.39, 0.29) is 24.7 Å². The van der Waals surface area contributed by atoms with E-state index in [2.05, 4.69) is 10.6 Å². The van der Waals surface area contributed by atoms with Crippen LogP contribution in [0.25, 0.3) is 0 Å². The van der Waals surface area contributed by atoms with E-state index in [1.54, 1.807) is 13.8 Å². The summed E-state index contributed by atoms with van der Waals surface area (Å²) in [6, 6.07) is 0. The summed E-state index contributed by atoms with van der Waals surface area (Å²) in [5.74, 6) is -0.398. The van der Waals surface area contributed by atoms with E-state index in [9.17, 15) is 9.59 Å². The van der Waals surface area contributed by atoms with Crippen LogP contribution in [-0.4, -0.2) is 47.3 Å². The molecule has 0 spiro atoms. The number of aliphatic hydroxyl groups is 2. The molecule has 0 aliphatic carbocycles. The molecule has 2 unspecified atom stereocenters. The van der Waals surface area contributed by atoms with Crippen LogP contribution in [0.2, 0.25) is 0 Å². The molecule has 2 amide bonds. The highest BCUT2D eigenvalue weighted by Gasteiger charge is 2.06. The summed E-state index contributed by atoms with van der Waals surface area (Å²) in [4.78, 5) is 22.2. The Labute approximate surface area is 101 Å². The fraction of sp³-hybridized carbons (Fsp3) is 0.818. The second kappa shape index (κ2) is 8.95. The first-order valence-electron chi connectivity index (χ1n) is 5.81. The number of amides is 2. The zero-order valence-corrected chi connectivity index (χ0v) is 10.4. The molecule has 4 N–H and O–H groups in total. The van der Waals surface area contributed by atoms with Crippen LogP contribution in [0.3, 0.4) is 0 Å². The van der Waals surface area contributed by atoms with Crippen molar-refractivity contribution in [2.24, 2.45) is 0 Å². The Hall–Kier alpha value is -1.14. The maximum atomic E-state index is 11.1. The summed E-state index contributed by atoms with van der Waals surface area (Å²) in [5, 5.41) is 23.1. The molecule has 0 aromatic heterocycles. The standard InChI is InChI=1S/C11H22N2O4/c1-8(14)6-10(16)12-4-3-5-13-11(17)7-9(2)15/h8-9,14-15H,3-7H2,1-2H3,(H,12,16)(H,13,17). The predicted molar refractivity (Wildman–Crippen MR) is 63.2 cm³/mol. The highest BCUT2D eigenvalue weighted by atomic mass is 16.3. The van der Waals surface area contributed by atoms with Gasteiger partial charge in [-0.05, 0) is 20.3 Å². The molecule has 0 saturated heterocycles. The summed E-state index contributed by atoms with van der Waals surface area (Å²) in [6.07, 6.45) is -0.471. The number of hydrogen-bond donors (Lipinski definition) is 4. The largest absolute Gasteiger partial charge is 0.393 e. The van der Waals surface area contributed by atoms with Gasteiger partial charge in [-0.2, -0.15) is 0 Å². The first-order chi connectivity index (χ1) is 7.91. The van der Waals surface area contributed by atoms with E-state index in [1.807, 2.05) is 0 Å². The van der Waals surface area contributed by atoms with Gasteiger partial charge in [-0.15, -0.1) is 0 Å². The Morgan fingerprint density at radius 3 is 1.59 bits per heavy atom. The van der Waals surface area contributed by atoms with E-state index >= 15 is 0 Å². The topological polar surface area (TPSA) is 98.7 Å². The summed E-state index contributed by atoms with van der Waals surface area (Å²) in [5.41, 5.74) is 0. The molecule has 0 fully saturated rings. The van der Waals surface area contributed by atoms with Crippen LogP contribution in [0.1, 0.15) is 33.1 Å². The van der Waals surface area contributed by atoms with Gasteiger partial charge in [0.25, 0.3) is 0 Å². The molecule has 0 aliphatic heterocycles. The lowest BCUT2D eigenvalue weighted by atomic mass is 10.2. The summed E-state index contributed by atoms with van der Waals surface area (Å²) in [7, 11) is 0. The van der Waals surface area contributed by atoms with Gasteiger partial charge in [0.05, 0.1) is 25.0 Å². The molecule has 0 bridgehead atoms. The lowest BCUT2D eigenvalue weighted by molar-refractivity contribution is -0.123. The average Bonchev–Trinajstić information content (AvgIpc) is 2.14. The first-order valence-corrected chi connectivity index (χ1v) is 5.81. The third-order valence-electron chi connectivity index (χ3n) is 1.96. The molecule has 0 aromatic carbocycles. The van der Waals surface area contributed by atoms with Crippen LogP contribution in [-0.2, 0) is 9.59 Å². The molecule has 0 aromatic rings. The van der Waals surface area contributed by atoms with Crippen LogP contribution in [0.15, 0.2) is 0 Å². The lowest BCUT2D eigenvalue weighted by Gasteiger charge is -2.08. The van der Waals surface area contributed by atoms with E-state index in [0.29, 0.717) is 19.5 Å². The fourth-order valence-electron chi connectivity index (χ4n) is 1.22. The monoisotopic (exact) mass is 246 g/mol. The van der Waals surface area contributed by atoms with Gasteiger partial charge < -0.3 is 20.8 Å². The molecule has 100 valence electrons. The van der Waals surface area contributed by atoms with Gasteiger partial charge in [0.1, 0.15) is 0 Å². The molecule has 17 heavy (non-hydrogen) atoms. The lowest BCUT2D eigenvalue weighted by Crippen LogP contribution is -2.31. The smallest absolute Gasteiger partial charge is 0.222 e. The highest BCUT2D eigenvalue weighted by Crippen LogP contribution is 1.90. The van der Waals surface area contributed by atoms with E-state index in [4.69, 9.17) is 10.2 Å². The average molecular weight is 246 g/mol. The van der Waals surface area contributed by atoms with Crippen molar-refractivity contribution in [3.05, 3.63) is 0 Å². The van der Waals surface area contributed by atoms with Crippen molar-refractivity contribution < 1.29 is 19.8 Å². The second-order valence-corrected chi connectivity index (χ2v) is 4.16. The van der Waals surface area contributed by atoms with Gasteiger partial charge in [-0.3, -0.25) is 9.59 Å². The molecule has 6 heteroatoms. The molecule has 0 heterocycles. The molecule has 0 radical (unpaired) electrons. The van der Waals surface area contributed by atoms with Crippen molar-refractivity contribution >= 4 is 11.8 Å². The Balaban J connectivity index is 3.40. The number of hydrogen-bond acceptors (Lipinski definition) is 4. The SMILES string of the molecule is CC(O)CC(=O)NCCCNC(=O)CC(C)O. The zero-order valence-electron chi connectivity index (χ0n) is 10.4. The van der Waals surface area contributed by atoms with Crippen molar-refractivity contribution in [3.63, 3.8) is 0 Å². The molecular weight excluding hydrogens is 224 g/mol. The van der Waals surface area contributed by atoms with Crippen LogP contribution in [0.4, 0.5) is 0 Å². The predicted octanol–water partition coefficient (Wildman–Crippen LogP) is -0.849. The van der Waals surface area contributed by atoms with Gasteiger partial charge in [-0.1, -0.05) is 0 Å². The third-order valence-corrected chi connectivity index (χ3v) is 1.96. The Bertz CT molecular complexity index is 218.